The van der Waals surface area contributed by atoms with Gasteiger partial charge in [-0.2, -0.15) is 0 Å². The number of rotatable bonds is 6. The molecule has 1 rings (SSSR count). The molecule has 1 atom stereocenters. The molecule has 0 N–H and O–H groups in total. The highest BCUT2D eigenvalue weighted by molar-refractivity contribution is 7.75. The van der Waals surface area contributed by atoms with Crippen LogP contribution in [0.15, 0.2) is 10.0 Å². The van der Waals surface area contributed by atoms with Gasteiger partial charge in [0.25, 0.3) is 0 Å². The van der Waals surface area contributed by atoms with Crippen molar-refractivity contribution in [2.75, 3.05) is 0 Å². The number of hydrogen-bond acceptors (Lipinski definition) is 1. The van der Waals surface area contributed by atoms with Crippen LogP contribution in [0.25, 0.3) is 0 Å². The molecule has 1 aliphatic rings. The van der Waals surface area contributed by atoms with Gasteiger partial charge in [0, 0.05) is 15.2 Å². The third-order valence-corrected chi connectivity index (χ3v) is 55.6. The largest absolute Gasteiger partial charge is 0.411 e. The molecule has 0 spiro atoms. The van der Waals surface area contributed by atoms with E-state index >= 15 is 0 Å². The van der Waals surface area contributed by atoms with Crippen molar-refractivity contribution >= 4 is 46.8 Å². The van der Waals surface area contributed by atoms with Crippen LogP contribution < -0.4 is 0 Å². The molecule has 0 amide bonds. The van der Waals surface area contributed by atoms with E-state index in [-0.39, 0.29) is 10.6 Å². The molecule has 1 heterocycles. The number of hydrogen-bond donors (Lipinski definition) is 0. The summed E-state index contributed by atoms with van der Waals surface area (Å²) < 4.78 is 7.73. The van der Waals surface area contributed by atoms with Crippen LogP contribution in [0.2, 0.25) is 98.2 Å². The van der Waals surface area contributed by atoms with Crippen LogP contribution in [0, 0.1) is 5.41 Å². The predicted octanol–water partition coefficient (Wildman–Crippen LogP) is 8.05. The highest BCUT2D eigenvalue weighted by Crippen LogP contribution is 2.67. The molecule has 0 bridgehead atoms. The van der Waals surface area contributed by atoms with Gasteiger partial charge in [-0.15, -0.1) is 0 Å². The van der Waals surface area contributed by atoms with Crippen molar-refractivity contribution in [3.63, 3.8) is 0 Å². The van der Waals surface area contributed by atoms with Crippen LogP contribution in [-0.4, -0.2) is 52.0 Å². The van der Waals surface area contributed by atoms with E-state index in [0.29, 0.717) is 0 Å². The Morgan fingerprint density at radius 3 is 1.14 bits per heavy atom. The Kier molecular flexibility index (Phi) is 7.01. The molecule has 172 valence electrons. The van der Waals surface area contributed by atoms with Crippen molar-refractivity contribution in [2.45, 2.75) is 124 Å². The molecule has 0 radical (unpaired) electrons. The first kappa shape index (κ1) is 28.0. The minimum atomic E-state index is -1.84. The quantitative estimate of drug-likeness (QED) is 0.334. The average Bonchev–Trinajstić information content (AvgIpc) is 2.23. The molecular weight excluding hydrogens is 449 g/mol. The fourth-order valence-electron chi connectivity index (χ4n) is 7.11. The Balaban J connectivity index is 4.49. The Labute approximate surface area is 190 Å². The Morgan fingerprint density at radius 1 is 0.621 bits per heavy atom. The lowest BCUT2D eigenvalue weighted by atomic mass is 9.87. The van der Waals surface area contributed by atoms with Gasteiger partial charge < -0.3 is 4.43 Å². The zero-order valence-electron chi connectivity index (χ0n) is 23.4. The fraction of sp³-hybridized carbons (Fsp3) is 0.909. The summed E-state index contributed by atoms with van der Waals surface area (Å²) in [6.07, 6.45) is 0. The third kappa shape index (κ3) is 4.19. The molecule has 0 unspecified atom stereocenters. The normalized spacial score (nSPS) is 24.6. The maximum absolute atomic E-state index is 7.73. The molecule has 0 aliphatic carbocycles. The first-order valence-electron chi connectivity index (χ1n) is 11.7. The minimum Gasteiger partial charge on any atom is -0.411 e. The maximum atomic E-state index is 7.73. The van der Waals surface area contributed by atoms with E-state index in [1.165, 1.54) is 0 Å². The SMILES string of the molecule is CC(C)(C)[C@@]1(O[Si](C)(C)C)C([Si](C)(C)C)=C([Si](C)(C)C)[Si]1([Si](C)(C)C)[Si](C)(C)C. The van der Waals surface area contributed by atoms with Crippen molar-refractivity contribution in [1.29, 1.82) is 0 Å². The van der Waals surface area contributed by atoms with E-state index in [4.69, 9.17) is 4.43 Å². The topological polar surface area (TPSA) is 9.23 Å². The van der Waals surface area contributed by atoms with Gasteiger partial charge in [0.05, 0.1) is 21.4 Å². The summed E-state index contributed by atoms with van der Waals surface area (Å²) in [5, 5.41) is 1.95. The van der Waals surface area contributed by atoms with Crippen molar-refractivity contribution < 1.29 is 4.43 Å². The molecule has 1 aliphatic heterocycles. The van der Waals surface area contributed by atoms with E-state index in [0.717, 1.165) is 0 Å². The Hall–Kier alpha value is 1.00. The molecule has 0 aromatic carbocycles. The summed E-state index contributed by atoms with van der Waals surface area (Å²) in [6, 6.07) is 0. The van der Waals surface area contributed by atoms with E-state index < -0.39 is 46.8 Å². The zero-order valence-corrected chi connectivity index (χ0v) is 29.4. The molecule has 7 heteroatoms. The fourth-order valence-corrected chi connectivity index (χ4v) is 89.7. The van der Waals surface area contributed by atoms with E-state index in [1.54, 1.807) is 0 Å². The van der Waals surface area contributed by atoms with E-state index in [9.17, 15) is 0 Å². The van der Waals surface area contributed by atoms with Gasteiger partial charge in [-0.1, -0.05) is 109 Å². The van der Waals surface area contributed by atoms with Crippen LogP contribution in [-0.2, 0) is 4.43 Å². The maximum Gasteiger partial charge on any atom is 0.184 e. The Bertz CT molecular complexity index is 655. The third-order valence-electron chi connectivity index (χ3n) is 6.77. The van der Waals surface area contributed by atoms with Gasteiger partial charge in [-0.05, 0) is 25.1 Å². The van der Waals surface area contributed by atoms with Gasteiger partial charge in [0.15, 0.2) is 8.32 Å². The lowest BCUT2D eigenvalue weighted by molar-refractivity contribution is 0.0608. The lowest BCUT2D eigenvalue weighted by Crippen LogP contribution is -2.96. The molecule has 0 aromatic rings. The minimum absolute atomic E-state index is 0.0551. The molecule has 0 aromatic heterocycles. The molecule has 0 fully saturated rings. The second kappa shape index (κ2) is 7.25. The molecule has 0 saturated carbocycles. The standard InChI is InChI=1S/C22H54OSi6/c1-21(2,3)22(23-26(10,11)12)19(24(4,5)6)20(25(7,8)9)29(22,27(13,14)15)28(16,17)18/h1-18H3/t22-/m1/s1. The van der Waals surface area contributed by atoms with Gasteiger partial charge >= 0.3 is 0 Å². The van der Waals surface area contributed by atoms with Crippen LogP contribution in [0.1, 0.15) is 20.8 Å². The second-order valence-electron chi connectivity index (χ2n) is 15.6. The Morgan fingerprint density at radius 2 is 0.966 bits per heavy atom. The first-order valence-corrected chi connectivity index (χ1v) is 33.1. The molecule has 29 heavy (non-hydrogen) atoms. The predicted molar refractivity (Wildman–Crippen MR) is 153 cm³/mol. The zero-order chi connectivity index (χ0) is 23.9. The summed E-state index contributed by atoms with van der Waals surface area (Å²) in [7, 11) is -9.60. The average molecular weight is 503 g/mol. The summed E-state index contributed by atoms with van der Waals surface area (Å²) in [6.45, 7) is 47.1. The molecule has 0 saturated heterocycles. The highest BCUT2D eigenvalue weighted by atomic mass is 29.6. The summed E-state index contributed by atoms with van der Waals surface area (Å²) in [5.74, 6) is 0. The van der Waals surface area contributed by atoms with Crippen molar-refractivity contribution in [1.82, 2.24) is 0 Å². The van der Waals surface area contributed by atoms with Crippen LogP contribution >= 0.6 is 0 Å². The summed E-state index contributed by atoms with van der Waals surface area (Å²) in [4.78, 5) is 2.11. The van der Waals surface area contributed by atoms with Crippen LogP contribution in [0.4, 0.5) is 0 Å². The second-order valence-corrected chi connectivity index (χ2v) is 57.3. The van der Waals surface area contributed by atoms with Crippen LogP contribution in [0.3, 0.4) is 0 Å². The van der Waals surface area contributed by atoms with Crippen LogP contribution in [0.5, 0.6) is 0 Å². The smallest absolute Gasteiger partial charge is 0.184 e. The van der Waals surface area contributed by atoms with Crippen molar-refractivity contribution in [2.24, 2.45) is 5.41 Å². The highest BCUT2D eigenvalue weighted by Gasteiger charge is 2.81. The monoisotopic (exact) mass is 502 g/mol. The van der Waals surface area contributed by atoms with Crippen molar-refractivity contribution in [3.05, 3.63) is 10.0 Å². The van der Waals surface area contributed by atoms with E-state index in [2.05, 4.69) is 124 Å². The lowest BCUT2D eigenvalue weighted by Gasteiger charge is -2.78. The first-order chi connectivity index (χ1) is 12.2. The molecular formula is C22H54OSi6. The summed E-state index contributed by atoms with van der Waals surface area (Å²) >= 11 is 0. The van der Waals surface area contributed by atoms with Gasteiger partial charge in [-0.25, -0.2) is 0 Å². The van der Waals surface area contributed by atoms with Gasteiger partial charge in [-0.3, -0.25) is 0 Å². The summed E-state index contributed by atoms with van der Waals surface area (Å²) in [5.41, 5.74) is 0.166. The van der Waals surface area contributed by atoms with Gasteiger partial charge in [0.2, 0.25) is 0 Å². The van der Waals surface area contributed by atoms with Gasteiger partial charge in [0.1, 0.15) is 7.11 Å². The molecule has 1 nitrogen and oxygen atoms in total. The van der Waals surface area contributed by atoms with E-state index in [1.807, 2.05) is 5.20 Å². The van der Waals surface area contributed by atoms with Crippen molar-refractivity contribution in [3.8, 4) is 0 Å².